The minimum atomic E-state index is -3.50. The molecule has 0 unspecified atom stereocenters. The van der Waals surface area contributed by atoms with Crippen LogP contribution < -0.4 is 4.72 Å². The molecule has 18 heavy (non-hydrogen) atoms. The number of benzene rings is 1. The Bertz CT molecular complexity index is 657. The molecule has 0 saturated carbocycles. The number of aromatic nitrogens is 2. The first-order valence-corrected chi connectivity index (χ1v) is 7.38. The lowest BCUT2D eigenvalue weighted by molar-refractivity contribution is 0.600. The quantitative estimate of drug-likeness (QED) is 0.912. The van der Waals surface area contributed by atoms with Gasteiger partial charge in [-0.15, -0.1) is 10.2 Å². The molecule has 1 heterocycles. The number of nitrogens with zero attached hydrogens (tertiary/aromatic N) is 3. The molecular weight excluding hydrogens is 272 g/mol. The number of anilines is 1. The van der Waals surface area contributed by atoms with Crippen LogP contribution in [0.25, 0.3) is 0 Å². The van der Waals surface area contributed by atoms with E-state index < -0.39 is 10.0 Å². The Kier molecular flexibility index (Phi) is 3.55. The van der Waals surface area contributed by atoms with Gasteiger partial charge < -0.3 is 0 Å². The van der Waals surface area contributed by atoms with Gasteiger partial charge in [-0.3, -0.25) is 4.72 Å². The van der Waals surface area contributed by atoms with Gasteiger partial charge in [-0.1, -0.05) is 23.5 Å². The average molecular weight is 280 g/mol. The van der Waals surface area contributed by atoms with E-state index in [4.69, 9.17) is 5.26 Å². The topological polar surface area (TPSA) is 95.7 Å². The maximum absolute atomic E-state index is 11.8. The van der Waals surface area contributed by atoms with Crippen LogP contribution in [0, 0.1) is 11.3 Å². The normalized spacial score (nSPS) is 10.8. The van der Waals surface area contributed by atoms with E-state index in [1.807, 2.05) is 6.07 Å². The monoisotopic (exact) mass is 280 g/mol. The third-order valence-electron chi connectivity index (χ3n) is 2.04. The lowest BCUT2D eigenvalue weighted by Gasteiger charge is -2.04. The van der Waals surface area contributed by atoms with E-state index in [0.29, 0.717) is 11.1 Å². The van der Waals surface area contributed by atoms with E-state index in [1.54, 1.807) is 24.3 Å². The standard InChI is InChI=1S/C10H8N4O2S2/c11-5-8-1-3-9(4-2-8)6-18(15,16)14-10-13-12-7-17-10/h1-4,7H,6H2,(H,13,14). The fraction of sp³-hybridized carbons (Fsp3) is 0.100. The lowest BCUT2D eigenvalue weighted by Crippen LogP contribution is -2.14. The Morgan fingerprint density at radius 2 is 2.06 bits per heavy atom. The number of nitriles is 1. The number of sulfonamides is 1. The molecule has 8 heteroatoms. The van der Waals surface area contributed by atoms with Crippen LogP contribution in [0.15, 0.2) is 29.8 Å². The second-order valence-electron chi connectivity index (χ2n) is 3.41. The Morgan fingerprint density at radius 1 is 1.33 bits per heavy atom. The zero-order valence-corrected chi connectivity index (χ0v) is 10.7. The average Bonchev–Trinajstić information content (AvgIpc) is 2.81. The molecule has 92 valence electrons. The molecule has 0 radical (unpaired) electrons. The maximum Gasteiger partial charge on any atom is 0.238 e. The molecule has 0 aliphatic carbocycles. The summed E-state index contributed by atoms with van der Waals surface area (Å²) in [5.41, 5.74) is 2.54. The molecule has 2 aromatic rings. The number of rotatable bonds is 4. The number of nitrogens with one attached hydrogen (secondary N) is 1. The molecule has 0 amide bonds. The highest BCUT2D eigenvalue weighted by Crippen LogP contribution is 2.14. The van der Waals surface area contributed by atoms with E-state index in [-0.39, 0.29) is 10.9 Å². The third kappa shape index (κ3) is 3.26. The van der Waals surface area contributed by atoms with Crippen LogP contribution in [0.4, 0.5) is 5.13 Å². The highest BCUT2D eigenvalue weighted by molar-refractivity contribution is 7.92. The molecule has 1 aromatic carbocycles. The van der Waals surface area contributed by atoms with Crippen LogP contribution in [0.2, 0.25) is 0 Å². The Balaban J connectivity index is 2.10. The van der Waals surface area contributed by atoms with Gasteiger partial charge in [0.15, 0.2) is 0 Å². The second kappa shape index (κ2) is 5.12. The highest BCUT2D eigenvalue weighted by Gasteiger charge is 2.13. The molecule has 0 spiro atoms. The van der Waals surface area contributed by atoms with Crippen molar-refractivity contribution in [3.05, 3.63) is 40.9 Å². The fourth-order valence-electron chi connectivity index (χ4n) is 1.28. The Hall–Kier alpha value is -1.98. The van der Waals surface area contributed by atoms with Gasteiger partial charge in [-0.25, -0.2) is 8.42 Å². The first kappa shape index (κ1) is 12.5. The zero-order valence-electron chi connectivity index (χ0n) is 9.07. The zero-order chi connectivity index (χ0) is 13.0. The molecule has 0 atom stereocenters. The van der Waals surface area contributed by atoms with Gasteiger partial charge in [0.25, 0.3) is 0 Å². The maximum atomic E-state index is 11.8. The fourth-order valence-corrected chi connectivity index (χ4v) is 3.15. The molecule has 1 N–H and O–H groups in total. The smallest absolute Gasteiger partial charge is 0.238 e. The SMILES string of the molecule is N#Cc1ccc(CS(=O)(=O)Nc2nncs2)cc1. The van der Waals surface area contributed by atoms with Crippen molar-refractivity contribution in [1.82, 2.24) is 10.2 Å². The van der Waals surface area contributed by atoms with Gasteiger partial charge in [0, 0.05) is 0 Å². The van der Waals surface area contributed by atoms with Crippen LogP contribution in [0.5, 0.6) is 0 Å². The molecule has 0 saturated heterocycles. The molecule has 2 rings (SSSR count). The van der Waals surface area contributed by atoms with Crippen molar-refractivity contribution in [3.63, 3.8) is 0 Å². The summed E-state index contributed by atoms with van der Waals surface area (Å²) >= 11 is 1.11. The van der Waals surface area contributed by atoms with Crippen LogP contribution in [-0.2, 0) is 15.8 Å². The summed E-state index contributed by atoms with van der Waals surface area (Å²) in [5.74, 6) is -0.168. The third-order valence-corrected chi connectivity index (χ3v) is 4.00. The number of hydrogen-bond acceptors (Lipinski definition) is 6. The van der Waals surface area contributed by atoms with Crippen LogP contribution in [-0.4, -0.2) is 18.6 Å². The van der Waals surface area contributed by atoms with E-state index in [1.165, 1.54) is 5.51 Å². The lowest BCUT2D eigenvalue weighted by atomic mass is 10.2. The van der Waals surface area contributed by atoms with Crippen molar-refractivity contribution in [3.8, 4) is 6.07 Å². The Morgan fingerprint density at radius 3 is 2.61 bits per heavy atom. The minimum Gasteiger partial charge on any atom is -0.257 e. The van der Waals surface area contributed by atoms with E-state index >= 15 is 0 Å². The highest BCUT2D eigenvalue weighted by atomic mass is 32.2. The van der Waals surface area contributed by atoms with Crippen molar-refractivity contribution in [2.45, 2.75) is 5.75 Å². The van der Waals surface area contributed by atoms with Gasteiger partial charge in [0.2, 0.25) is 15.2 Å². The van der Waals surface area contributed by atoms with E-state index in [0.717, 1.165) is 11.3 Å². The summed E-state index contributed by atoms with van der Waals surface area (Å²) in [4.78, 5) is 0. The number of hydrogen-bond donors (Lipinski definition) is 1. The van der Waals surface area contributed by atoms with Crippen LogP contribution in [0.3, 0.4) is 0 Å². The summed E-state index contributed by atoms with van der Waals surface area (Å²) in [7, 11) is -3.50. The van der Waals surface area contributed by atoms with E-state index in [2.05, 4.69) is 14.9 Å². The largest absolute Gasteiger partial charge is 0.257 e. The molecule has 6 nitrogen and oxygen atoms in total. The van der Waals surface area contributed by atoms with Gasteiger partial charge in [-0.2, -0.15) is 5.26 Å². The van der Waals surface area contributed by atoms with Crippen molar-refractivity contribution in [2.24, 2.45) is 0 Å². The minimum absolute atomic E-state index is 0.168. The van der Waals surface area contributed by atoms with Gasteiger partial charge in [0.05, 0.1) is 17.4 Å². The first-order chi connectivity index (χ1) is 8.59. The molecular formula is C10H8N4O2S2. The molecule has 1 aromatic heterocycles. The second-order valence-corrected chi connectivity index (χ2v) is 5.97. The summed E-state index contributed by atoms with van der Waals surface area (Å²) in [5, 5.41) is 16.0. The molecule has 0 bridgehead atoms. The van der Waals surface area contributed by atoms with E-state index in [9.17, 15) is 8.42 Å². The molecule has 0 aliphatic heterocycles. The molecule has 0 aliphatic rings. The predicted molar refractivity (Wildman–Crippen MR) is 67.3 cm³/mol. The van der Waals surface area contributed by atoms with Gasteiger partial charge in [-0.05, 0) is 17.7 Å². The summed E-state index contributed by atoms with van der Waals surface area (Å²) in [6.45, 7) is 0. The van der Waals surface area contributed by atoms with Crippen molar-refractivity contribution >= 4 is 26.5 Å². The predicted octanol–water partition coefficient (Wildman–Crippen LogP) is 1.35. The van der Waals surface area contributed by atoms with Crippen molar-refractivity contribution in [2.75, 3.05) is 4.72 Å². The van der Waals surface area contributed by atoms with Gasteiger partial charge in [0.1, 0.15) is 5.51 Å². The summed E-state index contributed by atoms with van der Waals surface area (Å²) in [6, 6.07) is 8.35. The summed E-state index contributed by atoms with van der Waals surface area (Å²) < 4.78 is 25.9. The van der Waals surface area contributed by atoms with Gasteiger partial charge >= 0.3 is 0 Å². The summed E-state index contributed by atoms with van der Waals surface area (Å²) in [6.07, 6.45) is 0. The van der Waals surface area contributed by atoms with Crippen LogP contribution in [0.1, 0.15) is 11.1 Å². The first-order valence-electron chi connectivity index (χ1n) is 4.85. The van der Waals surface area contributed by atoms with Crippen molar-refractivity contribution in [1.29, 1.82) is 5.26 Å². The Labute approximate surface area is 108 Å². The van der Waals surface area contributed by atoms with Crippen molar-refractivity contribution < 1.29 is 8.42 Å². The molecule has 0 fully saturated rings. The van der Waals surface area contributed by atoms with Crippen LogP contribution >= 0.6 is 11.3 Å².